The number of benzene rings is 7. The summed E-state index contributed by atoms with van der Waals surface area (Å²) in [5.41, 5.74) is 15.5. The zero-order valence-corrected chi connectivity index (χ0v) is 23.8. The van der Waals surface area contributed by atoms with Gasteiger partial charge < -0.3 is 4.42 Å². The zero-order chi connectivity index (χ0) is 28.1. The van der Waals surface area contributed by atoms with Crippen LogP contribution >= 0.6 is 0 Å². The van der Waals surface area contributed by atoms with Crippen LogP contribution in [0.5, 0.6) is 0 Å². The van der Waals surface area contributed by atoms with E-state index in [1.807, 2.05) is 0 Å². The van der Waals surface area contributed by atoms with Crippen molar-refractivity contribution in [3.8, 4) is 33.4 Å². The maximum Gasteiger partial charge on any atom is 0.135 e. The van der Waals surface area contributed by atoms with Crippen LogP contribution in [0, 0.1) is 0 Å². The summed E-state index contributed by atoms with van der Waals surface area (Å²) < 4.78 is 6.23. The molecule has 8 aromatic rings. The number of hydrogen-bond acceptors (Lipinski definition) is 1. The van der Waals surface area contributed by atoms with Gasteiger partial charge in [0.05, 0.1) is 0 Å². The predicted molar refractivity (Wildman–Crippen MR) is 180 cm³/mol. The van der Waals surface area contributed by atoms with Gasteiger partial charge in [0.25, 0.3) is 0 Å². The van der Waals surface area contributed by atoms with E-state index in [-0.39, 0.29) is 0 Å². The Hall–Kier alpha value is -5.14. The number of aryl methyl sites for hydroxylation is 4. The summed E-state index contributed by atoms with van der Waals surface area (Å²) in [6, 6.07) is 45.3. The van der Waals surface area contributed by atoms with E-state index in [0.717, 1.165) is 11.2 Å². The molecule has 0 N–H and O–H groups in total. The lowest BCUT2D eigenvalue weighted by Gasteiger charge is -2.22. The first kappa shape index (κ1) is 23.4. The molecular weight excluding hydrogens is 520 g/mol. The van der Waals surface area contributed by atoms with E-state index in [2.05, 4.69) is 121 Å². The van der Waals surface area contributed by atoms with Gasteiger partial charge in [-0.05, 0) is 127 Å². The topological polar surface area (TPSA) is 13.1 Å². The van der Waals surface area contributed by atoms with Crippen LogP contribution in [0.2, 0.25) is 0 Å². The number of furan rings is 1. The normalized spacial score (nSPS) is 13.7. The van der Waals surface area contributed by atoms with E-state index in [4.69, 9.17) is 4.42 Å². The van der Waals surface area contributed by atoms with E-state index in [1.54, 1.807) is 0 Å². The van der Waals surface area contributed by atoms with E-state index in [9.17, 15) is 0 Å². The summed E-state index contributed by atoms with van der Waals surface area (Å²) in [5, 5.41) is 7.66. The van der Waals surface area contributed by atoms with Crippen molar-refractivity contribution in [3.63, 3.8) is 0 Å². The van der Waals surface area contributed by atoms with E-state index in [0.29, 0.717) is 0 Å². The van der Waals surface area contributed by atoms with Gasteiger partial charge >= 0.3 is 0 Å². The smallest absolute Gasteiger partial charge is 0.135 e. The van der Waals surface area contributed by atoms with Crippen molar-refractivity contribution in [3.05, 3.63) is 144 Å². The first-order valence-electron chi connectivity index (χ1n) is 15.4. The second kappa shape index (κ2) is 8.69. The summed E-state index contributed by atoms with van der Waals surface area (Å²) in [5.74, 6) is 0. The average Bonchev–Trinajstić information content (AvgIpc) is 3.38. The molecule has 2 aliphatic carbocycles. The first-order chi connectivity index (χ1) is 21.3. The molecule has 0 saturated heterocycles. The third-order valence-corrected chi connectivity index (χ3v) is 10.1. The first-order valence-corrected chi connectivity index (χ1v) is 15.4. The van der Waals surface area contributed by atoms with Crippen LogP contribution < -0.4 is 0 Å². The van der Waals surface area contributed by atoms with Gasteiger partial charge in [0.1, 0.15) is 11.2 Å². The average molecular weight is 549 g/mol. The van der Waals surface area contributed by atoms with Gasteiger partial charge in [-0.25, -0.2) is 0 Å². The largest absolute Gasteiger partial charge is 0.456 e. The molecule has 1 heteroatoms. The van der Waals surface area contributed by atoms with Crippen LogP contribution in [0.4, 0.5) is 0 Å². The molecule has 0 bridgehead atoms. The molecule has 10 rings (SSSR count). The molecule has 1 aromatic heterocycles. The Morgan fingerprint density at radius 2 is 0.837 bits per heavy atom. The van der Waals surface area contributed by atoms with Gasteiger partial charge in [0.15, 0.2) is 0 Å². The van der Waals surface area contributed by atoms with Crippen molar-refractivity contribution in [2.45, 2.75) is 25.7 Å². The predicted octanol–water partition coefficient (Wildman–Crippen LogP) is 11.1. The van der Waals surface area contributed by atoms with Crippen LogP contribution in [0.15, 0.2) is 126 Å². The molecule has 202 valence electrons. The van der Waals surface area contributed by atoms with Crippen molar-refractivity contribution in [2.75, 3.05) is 0 Å². The molecule has 0 spiro atoms. The Labute approximate surface area is 250 Å². The van der Waals surface area contributed by atoms with E-state index in [1.165, 1.54) is 114 Å². The van der Waals surface area contributed by atoms with Gasteiger partial charge in [-0.3, -0.25) is 0 Å². The zero-order valence-electron chi connectivity index (χ0n) is 23.8. The van der Waals surface area contributed by atoms with E-state index >= 15 is 0 Å². The monoisotopic (exact) mass is 548 g/mol. The minimum atomic E-state index is 0.964. The molecule has 1 nitrogen and oxygen atoms in total. The number of fused-ring (bicyclic) bond motifs is 7. The van der Waals surface area contributed by atoms with Crippen LogP contribution in [0.1, 0.15) is 22.3 Å². The molecule has 7 aromatic carbocycles. The summed E-state index contributed by atoms with van der Waals surface area (Å²) in [7, 11) is 0. The maximum absolute atomic E-state index is 6.23. The molecule has 0 unspecified atom stereocenters. The summed E-state index contributed by atoms with van der Waals surface area (Å²) in [6.45, 7) is 0. The van der Waals surface area contributed by atoms with Crippen molar-refractivity contribution in [1.82, 2.24) is 0 Å². The van der Waals surface area contributed by atoms with Crippen molar-refractivity contribution >= 4 is 43.5 Å². The molecule has 0 aliphatic heterocycles. The third-order valence-electron chi connectivity index (χ3n) is 10.1. The Balaban J connectivity index is 1.13. The third kappa shape index (κ3) is 3.40. The van der Waals surface area contributed by atoms with Crippen LogP contribution in [-0.4, -0.2) is 0 Å². The molecule has 0 amide bonds. The maximum atomic E-state index is 6.23. The van der Waals surface area contributed by atoms with Gasteiger partial charge in [-0.15, -0.1) is 0 Å². The Morgan fingerprint density at radius 3 is 1.47 bits per heavy atom. The van der Waals surface area contributed by atoms with E-state index < -0.39 is 0 Å². The fraction of sp³-hybridized carbons (Fsp3) is 0.0952. The lowest BCUT2D eigenvalue weighted by atomic mass is 9.82. The van der Waals surface area contributed by atoms with Gasteiger partial charge in [0, 0.05) is 10.8 Å². The van der Waals surface area contributed by atoms with Crippen molar-refractivity contribution < 1.29 is 4.42 Å². The highest BCUT2D eigenvalue weighted by Gasteiger charge is 2.20. The molecule has 43 heavy (non-hydrogen) atoms. The molecule has 0 radical (unpaired) electrons. The summed E-state index contributed by atoms with van der Waals surface area (Å²) >= 11 is 0. The van der Waals surface area contributed by atoms with Crippen molar-refractivity contribution in [1.29, 1.82) is 0 Å². The second-order valence-corrected chi connectivity index (χ2v) is 12.3. The standard InChI is InChI=1S/C42H28O/c1-3-7-35-33(5-1)41(34-6-2-4-8-36(34)42(35)32-18-12-25-11-15-28(25)21-32)27-13-9-26(10-14-27)29-19-20-39-37(22-29)38-23-30-16-17-31(30)24-40(38)43-39/h1-10,12-14,18-24H,11,15-17H2. The SMILES string of the molecule is c1ccc2c(-c3ccc4c(c3)CC4)c3ccccc3c(-c3ccc(-c4ccc5oc6cc7c(cc6c5c4)CC7)cc3)c2c1. The highest BCUT2D eigenvalue weighted by molar-refractivity contribution is 6.21. The quantitative estimate of drug-likeness (QED) is 0.200. The minimum absolute atomic E-state index is 0.964. The van der Waals surface area contributed by atoms with Gasteiger partial charge in [-0.1, -0.05) is 97.1 Å². The Morgan fingerprint density at radius 1 is 0.326 bits per heavy atom. The van der Waals surface area contributed by atoms with Gasteiger partial charge in [-0.2, -0.15) is 0 Å². The number of hydrogen-bond donors (Lipinski definition) is 0. The Bertz CT molecular complexity index is 2380. The lowest BCUT2D eigenvalue weighted by molar-refractivity contribution is 0.666. The molecular formula is C42H28O. The minimum Gasteiger partial charge on any atom is -0.456 e. The summed E-state index contributed by atoms with van der Waals surface area (Å²) in [6.07, 6.45) is 4.74. The van der Waals surface area contributed by atoms with Gasteiger partial charge in [0.2, 0.25) is 0 Å². The molecule has 1 heterocycles. The highest BCUT2D eigenvalue weighted by Crippen LogP contribution is 2.45. The fourth-order valence-corrected chi connectivity index (χ4v) is 7.58. The number of rotatable bonds is 3. The molecule has 2 aliphatic rings. The molecule has 0 fully saturated rings. The molecule has 0 saturated carbocycles. The second-order valence-electron chi connectivity index (χ2n) is 12.3. The highest BCUT2D eigenvalue weighted by atomic mass is 16.3. The lowest BCUT2D eigenvalue weighted by Crippen LogP contribution is -2.07. The molecule has 0 atom stereocenters. The van der Waals surface area contributed by atoms with Crippen LogP contribution in [-0.2, 0) is 25.7 Å². The Kier molecular flexibility index (Phi) is 4.73. The summed E-state index contributed by atoms with van der Waals surface area (Å²) in [4.78, 5) is 0. The van der Waals surface area contributed by atoms with Crippen molar-refractivity contribution in [2.24, 2.45) is 0 Å². The fourth-order valence-electron chi connectivity index (χ4n) is 7.58. The van der Waals surface area contributed by atoms with Crippen LogP contribution in [0.25, 0.3) is 76.9 Å². The van der Waals surface area contributed by atoms with Crippen LogP contribution in [0.3, 0.4) is 0 Å².